The van der Waals surface area contributed by atoms with Crippen LogP contribution < -0.4 is 5.32 Å². The van der Waals surface area contributed by atoms with E-state index in [2.05, 4.69) is 15.3 Å². The average molecular weight is 227 g/mol. The lowest BCUT2D eigenvalue weighted by Gasteiger charge is -2.12. The molecule has 0 saturated heterocycles. The summed E-state index contributed by atoms with van der Waals surface area (Å²) in [5, 5.41) is 2.88. The van der Waals surface area contributed by atoms with Gasteiger partial charge in [-0.15, -0.1) is 0 Å². The number of pyridine rings is 2. The molecule has 0 radical (unpaired) electrons. The first-order valence-corrected chi connectivity index (χ1v) is 5.39. The van der Waals surface area contributed by atoms with Crippen molar-refractivity contribution in [2.24, 2.45) is 0 Å². The number of amides is 1. The molecule has 0 saturated carbocycles. The van der Waals surface area contributed by atoms with Gasteiger partial charge in [0.15, 0.2) is 0 Å². The number of carbonyl (C=O) groups excluding carboxylic acids is 1. The number of hydrogen-bond donors (Lipinski definition) is 1. The molecular formula is C13H13N3O. The van der Waals surface area contributed by atoms with Gasteiger partial charge in [-0.2, -0.15) is 0 Å². The number of rotatable bonds is 3. The van der Waals surface area contributed by atoms with Crippen molar-refractivity contribution in [2.45, 2.75) is 13.0 Å². The molecule has 0 fully saturated rings. The van der Waals surface area contributed by atoms with E-state index in [0.717, 1.165) is 5.69 Å². The summed E-state index contributed by atoms with van der Waals surface area (Å²) in [4.78, 5) is 19.9. The molecule has 0 aromatic carbocycles. The normalized spacial score (nSPS) is 11.8. The van der Waals surface area contributed by atoms with E-state index in [0.29, 0.717) is 5.56 Å². The van der Waals surface area contributed by atoms with Crippen LogP contribution in [0.1, 0.15) is 29.0 Å². The molecule has 0 unspecified atom stereocenters. The fourth-order valence-corrected chi connectivity index (χ4v) is 1.49. The van der Waals surface area contributed by atoms with Crippen LogP contribution in [-0.4, -0.2) is 15.9 Å². The molecule has 0 spiro atoms. The maximum absolute atomic E-state index is 11.9. The average Bonchev–Trinajstić information content (AvgIpc) is 2.40. The van der Waals surface area contributed by atoms with E-state index < -0.39 is 0 Å². The highest BCUT2D eigenvalue weighted by Crippen LogP contribution is 2.09. The molecular weight excluding hydrogens is 214 g/mol. The van der Waals surface area contributed by atoms with Gasteiger partial charge in [-0.05, 0) is 31.2 Å². The van der Waals surface area contributed by atoms with E-state index in [1.54, 1.807) is 30.7 Å². The van der Waals surface area contributed by atoms with Gasteiger partial charge in [0.25, 0.3) is 5.91 Å². The van der Waals surface area contributed by atoms with E-state index in [4.69, 9.17) is 0 Å². The third kappa shape index (κ3) is 2.87. The van der Waals surface area contributed by atoms with Gasteiger partial charge in [0.2, 0.25) is 0 Å². The summed E-state index contributed by atoms with van der Waals surface area (Å²) in [7, 11) is 0. The van der Waals surface area contributed by atoms with Crippen molar-refractivity contribution in [1.82, 2.24) is 15.3 Å². The minimum absolute atomic E-state index is 0.114. The number of nitrogens with zero attached hydrogens (tertiary/aromatic N) is 2. The van der Waals surface area contributed by atoms with Crippen LogP contribution in [0.2, 0.25) is 0 Å². The summed E-state index contributed by atoms with van der Waals surface area (Å²) < 4.78 is 0. The first kappa shape index (κ1) is 11.3. The lowest BCUT2D eigenvalue weighted by molar-refractivity contribution is 0.0939. The summed E-state index contributed by atoms with van der Waals surface area (Å²) >= 11 is 0. The second-order valence-electron chi connectivity index (χ2n) is 3.69. The Morgan fingerprint density at radius 3 is 2.59 bits per heavy atom. The summed E-state index contributed by atoms with van der Waals surface area (Å²) in [6.07, 6.45) is 4.91. The maximum atomic E-state index is 11.9. The molecule has 2 aromatic heterocycles. The Labute approximate surface area is 99.7 Å². The standard InChI is InChI=1S/C13H13N3O/c1-10(12-4-2-3-7-15-12)16-13(17)11-5-8-14-9-6-11/h2-10H,1H3,(H,16,17)/t10-/m1/s1. The highest BCUT2D eigenvalue weighted by Gasteiger charge is 2.11. The zero-order chi connectivity index (χ0) is 12.1. The monoisotopic (exact) mass is 227 g/mol. The Morgan fingerprint density at radius 2 is 1.94 bits per heavy atom. The number of hydrogen-bond acceptors (Lipinski definition) is 3. The molecule has 4 heteroatoms. The molecule has 4 nitrogen and oxygen atoms in total. The van der Waals surface area contributed by atoms with Crippen molar-refractivity contribution in [1.29, 1.82) is 0 Å². The van der Waals surface area contributed by atoms with E-state index in [-0.39, 0.29) is 11.9 Å². The number of nitrogens with one attached hydrogen (secondary N) is 1. The smallest absolute Gasteiger partial charge is 0.251 e. The van der Waals surface area contributed by atoms with E-state index in [1.165, 1.54) is 0 Å². The Hall–Kier alpha value is -2.23. The number of carbonyl (C=O) groups is 1. The molecule has 17 heavy (non-hydrogen) atoms. The third-order valence-electron chi connectivity index (χ3n) is 2.42. The molecule has 2 heterocycles. The first-order valence-electron chi connectivity index (χ1n) is 5.39. The van der Waals surface area contributed by atoms with Gasteiger partial charge in [-0.25, -0.2) is 0 Å². The molecule has 0 aliphatic heterocycles. The van der Waals surface area contributed by atoms with Gasteiger partial charge in [-0.3, -0.25) is 14.8 Å². The maximum Gasteiger partial charge on any atom is 0.251 e. The zero-order valence-corrected chi connectivity index (χ0v) is 9.50. The molecule has 1 atom stereocenters. The third-order valence-corrected chi connectivity index (χ3v) is 2.42. The molecule has 2 rings (SSSR count). The fraction of sp³-hybridized carbons (Fsp3) is 0.154. The van der Waals surface area contributed by atoms with Crippen LogP contribution >= 0.6 is 0 Å². The minimum Gasteiger partial charge on any atom is -0.344 e. The fourth-order valence-electron chi connectivity index (χ4n) is 1.49. The van der Waals surface area contributed by atoms with Gasteiger partial charge < -0.3 is 5.32 Å². The highest BCUT2D eigenvalue weighted by atomic mass is 16.1. The Bertz CT molecular complexity index is 485. The van der Waals surface area contributed by atoms with E-state index >= 15 is 0 Å². The zero-order valence-electron chi connectivity index (χ0n) is 9.50. The largest absolute Gasteiger partial charge is 0.344 e. The van der Waals surface area contributed by atoms with Crippen LogP contribution in [-0.2, 0) is 0 Å². The summed E-state index contributed by atoms with van der Waals surface area (Å²) in [5.41, 5.74) is 1.44. The summed E-state index contributed by atoms with van der Waals surface area (Å²) in [6, 6.07) is 8.88. The van der Waals surface area contributed by atoms with Crippen LogP contribution in [0.3, 0.4) is 0 Å². The van der Waals surface area contributed by atoms with Crippen LogP contribution in [0.15, 0.2) is 48.9 Å². The van der Waals surface area contributed by atoms with Gasteiger partial charge in [0.05, 0.1) is 11.7 Å². The number of aromatic nitrogens is 2. The summed E-state index contributed by atoms with van der Waals surface area (Å²) in [5.74, 6) is -0.120. The molecule has 2 aromatic rings. The van der Waals surface area contributed by atoms with Gasteiger partial charge >= 0.3 is 0 Å². The van der Waals surface area contributed by atoms with E-state index in [9.17, 15) is 4.79 Å². The van der Waals surface area contributed by atoms with Gasteiger partial charge in [0, 0.05) is 24.2 Å². The van der Waals surface area contributed by atoms with Gasteiger partial charge in [-0.1, -0.05) is 6.07 Å². The van der Waals surface area contributed by atoms with Crippen LogP contribution in [0, 0.1) is 0 Å². The molecule has 0 aliphatic rings. The molecule has 0 bridgehead atoms. The lowest BCUT2D eigenvalue weighted by atomic mass is 10.2. The predicted octanol–water partition coefficient (Wildman–Crippen LogP) is 1.97. The van der Waals surface area contributed by atoms with Crippen LogP contribution in [0.4, 0.5) is 0 Å². The Balaban J connectivity index is 2.05. The van der Waals surface area contributed by atoms with Gasteiger partial charge in [0.1, 0.15) is 0 Å². The highest BCUT2D eigenvalue weighted by molar-refractivity contribution is 5.94. The van der Waals surface area contributed by atoms with Crippen LogP contribution in [0.25, 0.3) is 0 Å². The van der Waals surface area contributed by atoms with Crippen molar-refractivity contribution >= 4 is 5.91 Å². The lowest BCUT2D eigenvalue weighted by Crippen LogP contribution is -2.27. The molecule has 1 N–H and O–H groups in total. The summed E-state index contributed by atoms with van der Waals surface area (Å²) in [6.45, 7) is 1.90. The van der Waals surface area contributed by atoms with Crippen molar-refractivity contribution in [2.75, 3.05) is 0 Å². The molecule has 1 amide bonds. The first-order chi connectivity index (χ1) is 8.27. The van der Waals surface area contributed by atoms with Crippen molar-refractivity contribution in [3.05, 3.63) is 60.2 Å². The molecule has 86 valence electrons. The second-order valence-corrected chi connectivity index (χ2v) is 3.69. The van der Waals surface area contributed by atoms with E-state index in [1.807, 2.05) is 25.1 Å². The van der Waals surface area contributed by atoms with Crippen molar-refractivity contribution < 1.29 is 4.79 Å². The SMILES string of the molecule is C[C@@H](NC(=O)c1ccncc1)c1ccccn1. The minimum atomic E-state index is -0.120. The predicted molar refractivity (Wildman–Crippen MR) is 64.4 cm³/mol. The van der Waals surface area contributed by atoms with Crippen molar-refractivity contribution in [3.8, 4) is 0 Å². The second kappa shape index (κ2) is 5.21. The Kier molecular flexibility index (Phi) is 3.45. The quantitative estimate of drug-likeness (QED) is 0.872. The van der Waals surface area contributed by atoms with Crippen molar-refractivity contribution in [3.63, 3.8) is 0 Å². The Morgan fingerprint density at radius 1 is 1.18 bits per heavy atom. The molecule has 0 aliphatic carbocycles. The van der Waals surface area contributed by atoms with Crippen LogP contribution in [0.5, 0.6) is 0 Å². The topological polar surface area (TPSA) is 54.9 Å².